The second kappa shape index (κ2) is 4.15. The molecule has 0 aromatic heterocycles. The van der Waals surface area contributed by atoms with Crippen molar-refractivity contribution >= 4 is 6.47 Å². The summed E-state index contributed by atoms with van der Waals surface area (Å²) in [5.41, 5.74) is -0.447. The Labute approximate surface area is 94.4 Å². The van der Waals surface area contributed by atoms with Crippen molar-refractivity contribution in [3.05, 3.63) is 0 Å². The summed E-state index contributed by atoms with van der Waals surface area (Å²) in [6, 6.07) is 0. The normalized spacial score (nSPS) is 14.2. The monoisotopic (exact) mass is 214 g/mol. The van der Waals surface area contributed by atoms with Crippen molar-refractivity contribution in [2.24, 2.45) is 16.7 Å². The van der Waals surface area contributed by atoms with Gasteiger partial charge in [0.05, 0.1) is 0 Å². The van der Waals surface area contributed by atoms with E-state index in [1.807, 2.05) is 13.8 Å². The minimum atomic E-state index is -0.456. The molecule has 0 spiro atoms. The van der Waals surface area contributed by atoms with Gasteiger partial charge < -0.3 is 4.74 Å². The molecule has 2 heteroatoms. The van der Waals surface area contributed by atoms with Gasteiger partial charge in [-0.3, -0.25) is 4.79 Å². The molecule has 0 N–H and O–H groups in total. The number of ether oxygens (including phenoxy) is 1. The summed E-state index contributed by atoms with van der Waals surface area (Å²) in [4.78, 5) is 10.5. The van der Waals surface area contributed by atoms with Crippen molar-refractivity contribution < 1.29 is 9.53 Å². The lowest BCUT2D eigenvalue weighted by Crippen LogP contribution is -2.52. The molecule has 0 heterocycles. The van der Waals surface area contributed by atoms with E-state index in [1.165, 1.54) is 0 Å². The Kier molecular flexibility index (Phi) is 4.00. The van der Waals surface area contributed by atoms with E-state index in [1.54, 1.807) is 0 Å². The van der Waals surface area contributed by atoms with Gasteiger partial charge in [-0.1, -0.05) is 41.5 Å². The van der Waals surface area contributed by atoms with Gasteiger partial charge in [0, 0.05) is 5.41 Å². The van der Waals surface area contributed by atoms with E-state index in [0.717, 1.165) is 0 Å². The highest BCUT2D eigenvalue weighted by atomic mass is 16.5. The lowest BCUT2D eigenvalue weighted by atomic mass is 9.56. The van der Waals surface area contributed by atoms with Gasteiger partial charge in [-0.25, -0.2) is 0 Å². The predicted molar refractivity (Wildman–Crippen MR) is 63.6 cm³/mol. The van der Waals surface area contributed by atoms with Gasteiger partial charge in [0.15, 0.2) is 0 Å². The molecule has 15 heavy (non-hydrogen) atoms. The van der Waals surface area contributed by atoms with Crippen LogP contribution >= 0.6 is 0 Å². The first kappa shape index (κ1) is 14.5. The van der Waals surface area contributed by atoms with Gasteiger partial charge in [-0.05, 0) is 25.2 Å². The highest BCUT2D eigenvalue weighted by Gasteiger charge is 2.50. The lowest BCUT2D eigenvalue weighted by Gasteiger charge is -2.52. The highest BCUT2D eigenvalue weighted by molar-refractivity contribution is 5.38. The average molecular weight is 214 g/mol. The van der Waals surface area contributed by atoms with E-state index in [2.05, 4.69) is 41.5 Å². The van der Waals surface area contributed by atoms with Gasteiger partial charge >= 0.3 is 0 Å². The molecule has 0 fully saturated rings. The summed E-state index contributed by atoms with van der Waals surface area (Å²) < 4.78 is 5.25. The van der Waals surface area contributed by atoms with E-state index >= 15 is 0 Å². The van der Waals surface area contributed by atoms with Crippen LogP contribution in [0.5, 0.6) is 0 Å². The van der Waals surface area contributed by atoms with Crippen LogP contribution in [-0.2, 0) is 9.53 Å². The van der Waals surface area contributed by atoms with Crippen LogP contribution in [-0.4, -0.2) is 12.1 Å². The Hall–Kier alpha value is -0.530. The van der Waals surface area contributed by atoms with Crippen LogP contribution in [0.2, 0.25) is 0 Å². The molecular weight excluding hydrogens is 188 g/mol. The zero-order chi connectivity index (χ0) is 12.5. The molecule has 0 aliphatic heterocycles. The van der Waals surface area contributed by atoms with Crippen LogP contribution in [0.3, 0.4) is 0 Å². The van der Waals surface area contributed by atoms with Crippen molar-refractivity contribution in [1.29, 1.82) is 0 Å². The molecule has 0 aromatic carbocycles. The lowest BCUT2D eigenvalue weighted by molar-refractivity contribution is -0.169. The molecule has 0 atom stereocenters. The number of carbonyl (C=O) groups excluding carboxylic acids is 1. The zero-order valence-electron chi connectivity index (χ0n) is 11.5. The van der Waals surface area contributed by atoms with Crippen LogP contribution in [0.1, 0.15) is 55.4 Å². The standard InChI is InChI=1S/C13H26O2/c1-10(2)11(3,4)12(5,6)13(7,8)15-9-14/h9-10H,1-8H3. The SMILES string of the molecule is CC(C)C(C)(C)C(C)(C)C(C)(C)OC=O. The van der Waals surface area contributed by atoms with E-state index < -0.39 is 5.60 Å². The minimum Gasteiger partial charge on any atom is -0.461 e. The molecule has 0 radical (unpaired) electrons. The predicted octanol–water partition coefficient (Wildman–Crippen LogP) is 3.65. The molecule has 90 valence electrons. The third kappa shape index (κ3) is 2.35. The quantitative estimate of drug-likeness (QED) is 0.653. The molecule has 0 rings (SSSR count). The third-order valence-corrected chi connectivity index (χ3v) is 4.90. The summed E-state index contributed by atoms with van der Waals surface area (Å²) in [6.07, 6.45) is 0. The van der Waals surface area contributed by atoms with Gasteiger partial charge in [-0.15, -0.1) is 0 Å². The highest BCUT2D eigenvalue weighted by Crippen LogP contribution is 2.51. The fourth-order valence-electron chi connectivity index (χ4n) is 1.77. The largest absolute Gasteiger partial charge is 0.461 e. The van der Waals surface area contributed by atoms with Crippen molar-refractivity contribution in [3.8, 4) is 0 Å². The Morgan fingerprint density at radius 3 is 1.67 bits per heavy atom. The maximum absolute atomic E-state index is 10.5. The molecule has 0 amide bonds. The Balaban J connectivity index is 5.19. The minimum absolute atomic E-state index is 0.0882. The Morgan fingerprint density at radius 2 is 1.40 bits per heavy atom. The Bertz CT molecular complexity index is 225. The molecular formula is C13H26O2. The van der Waals surface area contributed by atoms with Crippen molar-refractivity contribution in [3.63, 3.8) is 0 Å². The van der Waals surface area contributed by atoms with E-state index in [9.17, 15) is 4.79 Å². The first-order chi connectivity index (χ1) is 6.50. The number of hydrogen-bond donors (Lipinski definition) is 0. The molecule has 0 saturated carbocycles. The fraction of sp³-hybridized carbons (Fsp3) is 0.923. The molecule has 0 aromatic rings. The van der Waals surface area contributed by atoms with Crippen molar-refractivity contribution in [2.45, 2.75) is 61.0 Å². The number of hydrogen-bond acceptors (Lipinski definition) is 2. The first-order valence-electron chi connectivity index (χ1n) is 5.62. The van der Waals surface area contributed by atoms with Gasteiger partial charge in [0.2, 0.25) is 0 Å². The Morgan fingerprint density at radius 1 is 1.00 bits per heavy atom. The smallest absolute Gasteiger partial charge is 0.293 e. The summed E-state index contributed by atoms with van der Waals surface area (Å²) >= 11 is 0. The number of carbonyl (C=O) groups is 1. The molecule has 0 aliphatic carbocycles. The van der Waals surface area contributed by atoms with E-state index in [-0.39, 0.29) is 10.8 Å². The molecule has 0 unspecified atom stereocenters. The summed E-state index contributed by atoms with van der Waals surface area (Å²) in [5.74, 6) is 0.530. The van der Waals surface area contributed by atoms with Crippen LogP contribution in [0.25, 0.3) is 0 Å². The van der Waals surface area contributed by atoms with E-state index in [0.29, 0.717) is 12.4 Å². The van der Waals surface area contributed by atoms with Crippen LogP contribution < -0.4 is 0 Å². The molecule has 0 bridgehead atoms. The maximum atomic E-state index is 10.5. The van der Waals surface area contributed by atoms with Gasteiger partial charge in [-0.2, -0.15) is 0 Å². The average Bonchev–Trinajstić information content (AvgIpc) is 2.02. The van der Waals surface area contributed by atoms with Crippen molar-refractivity contribution in [2.75, 3.05) is 0 Å². The van der Waals surface area contributed by atoms with Crippen LogP contribution in [0.4, 0.5) is 0 Å². The topological polar surface area (TPSA) is 26.3 Å². The summed E-state index contributed by atoms with van der Waals surface area (Å²) in [6.45, 7) is 17.7. The molecule has 2 nitrogen and oxygen atoms in total. The van der Waals surface area contributed by atoms with Crippen LogP contribution in [0.15, 0.2) is 0 Å². The third-order valence-electron chi connectivity index (χ3n) is 4.90. The number of rotatable bonds is 5. The van der Waals surface area contributed by atoms with Crippen molar-refractivity contribution in [1.82, 2.24) is 0 Å². The molecule has 0 saturated heterocycles. The fourth-order valence-corrected chi connectivity index (χ4v) is 1.77. The van der Waals surface area contributed by atoms with Gasteiger partial charge in [0.25, 0.3) is 6.47 Å². The first-order valence-corrected chi connectivity index (χ1v) is 5.62. The van der Waals surface area contributed by atoms with Gasteiger partial charge in [0.1, 0.15) is 5.60 Å². The maximum Gasteiger partial charge on any atom is 0.293 e. The van der Waals surface area contributed by atoms with E-state index in [4.69, 9.17) is 4.74 Å². The second-order valence-electron chi connectivity index (χ2n) is 6.23. The summed E-state index contributed by atoms with van der Waals surface area (Å²) in [7, 11) is 0. The molecule has 0 aliphatic rings. The summed E-state index contributed by atoms with van der Waals surface area (Å²) in [5, 5.41) is 0. The van der Waals surface area contributed by atoms with Crippen LogP contribution in [0, 0.1) is 16.7 Å². The zero-order valence-corrected chi connectivity index (χ0v) is 11.5. The second-order valence-corrected chi connectivity index (χ2v) is 6.23.